The van der Waals surface area contributed by atoms with E-state index in [1.807, 2.05) is 0 Å². The Morgan fingerprint density at radius 1 is 1.26 bits per heavy atom. The van der Waals surface area contributed by atoms with Crippen LogP contribution in [0.4, 0.5) is 17.1 Å². The minimum Gasteiger partial charge on any atom is -0.393 e. The summed E-state index contributed by atoms with van der Waals surface area (Å²) in [5.41, 5.74) is 5.91. The number of anilines is 2. The summed E-state index contributed by atoms with van der Waals surface area (Å²) >= 11 is 0. The number of carbonyl (C=O) groups is 1. The molecule has 19 heavy (non-hydrogen) atoms. The third-order valence-electron chi connectivity index (χ3n) is 2.43. The number of nitro benzene ring substituents is 1. The fourth-order valence-electron chi connectivity index (χ4n) is 1.48. The van der Waals surface area contributed by atoms with Crippen LogP contribution in [-0.2, 0) is 0 Å². The second-order valence-corrected chi connectivity index (χ2v) is 3.72. The molecule has 0 unspecified atom stereocenters. The Labute approximate surface area is 108 Å². The number of nitrogens with one attached hydrogen (secondary N) is 1. The lowest BCUT2D eigenvalue weighted by atomic mass is 10.1. The van der Waals surface area contributed by atoms with Gasteiger partial charge in [-0.15, -0.1) is 0 Å². The molecule has 1 aromatic carbocycles. The summed E-state index contributed by atoms with van der Waals surface area (Å²) in [7, 11) is 0. The molecular weight excluding hydrogens is 248 g/mol. The highest BCUT2D eigenvalue weighted by Crippen LogP contribution is 2.22. The summed E-state index contributed by atoms with van der Waals surface area (Å²) < 4.78 is 0. The minimum absolute atomic E-state index is 0.0189. The number of carbonyl (C=O) groups excluding carboxylic acids is 1. The van der Waals surface area contributed by atoms with Gasteiger partial charge in [0.05, 0.1) is 4.92 Å². The molecule has 0 saturated heterocycles. The quantitative estimate of drug-likeness (QED) is 0.495. The maximum absolute atomic E-state index is 11.9. The molecule has 1 amide bonds. The van der Waals surface area contributed by atoms with Crippen molar-refractivity contribution in [1.29, 1.82) is 0 Å². The van der Waals surface area contributed by atoms with Crippen LogP contribution >= 0.6 is 0 Å². The summed E-state index contributed by atoms with van der Waals surface area (Å²) in [5.74, 6) is -0.450. The Hall–Kier alpha value is -2.96. The number of amides is 1. The Kier molecular flexibility index (Phi) is 3.37. The van der Waals surface area contributed by atoms with E-state index in [0.29, 0.717) is 5.69 Å². The molecule has 0 atom stereocenters. The number of nitrogens with two attached hydrogens (primary N) is 1. The van der Waals surface area contributed by atoms with Crippen molar-refractivity contribution in [2.75, 3.05) is 11.1 Å². The molecule has 2 aromatic rings. The molecule has 0 spiro atoms. The van der Waals surface area contributed by atoms with E-state index in [9.17, 15) is 14.9 Å². The maximum Gasteiger partial charge on any atom is 0.292 e. The molecule has 0 aliphatic carbocycles. The SMILES string of the molecule is Nc1ccc(C(=O)Nc2ccncc2)cc1[N+](=O)[O-]. The fraction of sp³-hybridized carbons (Fsp3) is 0. The summed E-state index contributed by atoms with van der Waals surface area (Å²) in [4.78, 5) is 25.8. The van der Waals surface area contributed by atoms with E-state index < -0.39 is 10.8 Å². The molecule has 1 heterocycles. The Morgan fingerprint density at radius 3 is 2.58 bits per heavy atom. The number of hydrogen-bond donors (Lipinski definition) is 2. The lowest BCUT2D eigenvalue weighted by Crippen LogP contribution is -2.12. The zero-order valence-corrected chi connectivity index (χ0v) is 9.74. The van der Waals surface area contributed by atoms with Gasteiger partial charge in [-0.05, 0) is 24.3 Å². The summed E-state index contributed by atoms with van der Waals surface area (Å²) in [5, 5.41) is 13.3. The molecule has 96 valence electrons. The molecule has 0 bridgehead atoms. The van der Waals surface area contributed by atoms with Crippen LogP contribution in [-0.4, -0.2) is 15.8 Å². The third-order valence-corrected chi connectivity index (χ3v) is 2.43. The van der Waals surface area contributed by atoms with Crippen LogP contribution in [0, 0.1) is 10.1 Å². The van der Waals surface area contributed by atoms with E-state index >= 15 is 0 Å². The second-order valence-electron chi connectivity index (χ2n) is 3.72. The number of nitrogens with zero attached hydrogens (tertiary/aromatic N) is 2. The first-order valence-corrected chi connectivity index (χ1v) is 5.33. The van der Waals surface area contributed by atoms with Crippen molar-refractivity contribution >= 4 is 23.0 Å². The normalized spacial score (nSPS) is 9.89. The van der Waals surface area contributed by atoms with Crippen LogP contribution in [0.1, 0.15) is 10.4 Å². The van der Waals surface area contributed by atoms with Crippen molar-refractivity contribution in [1.82, 2.24) is 4.98 Å². The average Bonchev–Trinajstić information content (AvgIpc) is 2.40. The number of hydrogen-bond acceptors (Lipinski definition) is 5. The first-order chi connectivity index (χ1) is 9.08. The largest absolute Gasteiger partial charge is 0.393 e. The first kappa shape index (κ1) is 12.5. The number of rotatable bonds is 3. The predicted molar refractivity (Wildman–Crippen MR) is 69.7 cm³/mol. The Bertz CT molecular complexity index is 628. The van der Waals surface area contributed by atoms with E-state index in [4.69, 9.17) is 5.73 Å². The molecule has 0 radical (unpaired) electrons. The molecule has 0 saturated carbocycles. The van der Waals surface area contributed by atoms with Gasteiger partial charge in [0, 0.05) is 29.7 Å². The van der Waals surface area contributed by atoms with Crippen molar-refractivity contribution in [3.8, 4) is 0 Å². The molecule has 2 rings (SSSR count). The van der Waals surface area contributed by atoms with E-state index in [1.54, 1.807) is 12.1 Å². The first-order valence-electron chi connectivity index (χ1n) is 5.33. The van der Waals surface area contributed by atoms with Gasteiger partial charge < -0.3 is 11.1 Å². The highest BCUT2D eigenvalue weighted by molar-refractivity contribution is 6.05. The van der Waals surface area contributed by atoms with Gasteiger partial charge in [0.1, 0.15) is 5.69 Å². The van der Waals surface area contributed by atoms with Crippen molar-refractivity contribution in [3.63, 3.8) is 0 Å². The van der Waals surface area contributed by atoms with Gasteiger partial charge in [-0.25, -0.2) is 0 Å². The Morgan fingerprint density at radius 2 is 1.95 bits per heavy atom. The van der Waals surface area contributed by atoms with Gasteiger partial charge in [-0.2, -0.15) is 0 Å². The van der Waals surface area contributed by atoms with Crippen molar-refractivity contribution < 1.29 is 9.72 Å². The fourth-order valence-corrected chi connectivity index (χ4v) is 1.48. The zero-order chi connectivity index (χ0) is 13.8. The smallest absolute Gasteiger partial charge is 0.292 e. The number of benzene rings is 1. The average molecular weight is 258 g/mol. The van der Waals surface area contributed by atoms with Gasteiger partial charge in [-0.1, -0.05) is 0 Å². The molecule has 7 nitrogen and oxygen atoms in total. The molecule has 0 fully saturated rings. The Balaban J connectivity index is 2.25. The van der Waals surface area contributed by atoms with E-state index in [1.165, 1.54) is 24.5 Å². The second kappa shape index (κ2) is 5.13. The monoisotopic (exact) mass is 258 g/mol. The predicted octanol–water partition coefficient (Wildman–Crippen LogP) is 1.82. The molecular formula is C12H10N4O3. The van der Waals surface area contributed by atoms with Crippen LogP contribution < -0.4 is 11.1 Å². The zero-order valence-electron chi connectivity index (χ0n) is 9.74. The molecule has 0 aliphatic rings. The van der Waals surface area contributed by atoms with Gasteiger partial charge in [0.25, 0.3) is 11.6 Å². The van der Waals surface area contributed by atoms with E-state index in [2.05, 4.69) is 10.3 Å². The van der Waals surface area contributed by atoms with Crippen LogP contribution in [0.2, 0.25) is 0 Å². The standard InChI is InChI=1S/C12H10N4O3/c13-10-2-1-8(7-11(10)16(18)19)12(17)15-9-3-5-14-6-4-9/h1-7H,13H2,(H,14,15,17). The molecule has 3 N–H and O–H groups in total. The number of pyridine rings is 1. The van der Waals surface area contributed by atoms with Crippen LogP contribution in [0.15, 0.2) is 42.7 Å². The highest BCUT2D eigenvalue weighted by Gasteiger charge is 2.15. The van der Waals surface area contributed by atoms with Gasteiger partial charge in [0.2, 0.25) is 0 Å². The van der Waals surface area contributed by atoms with Crippen molar-refractivity contribution in [2.45, 2.75) is 0 Å². The van der Waals surface area contributed by atoms with Crippen LogP contribution in [0.5, 0.6) is 0 Å². The summed E-state index contributed by atoms with van der Waals surface area (Å²) in [6.07, 6.45) is 3.06. The van der Waals surface area contributed by atoms with Crippen LogP contribution in [0.25, 0.3) is 0 Å². The maximum atomic E-state index is 11.9. The van der Waals surface area contributed by atoms with Crippen molar-refractivity contribution in [2.24, 2.45) is 0 Å². The lowest BCUT2D eigenvalue weighted by Gasteiger charge is -2.05. The topological polar surface area (TPSA) is 111 Å². The van der Waals surface area contributed by atoms with Crippen molar-refractivity contribution in [3.05, 3.63) is 58.4 Å². The van der Waals surface area contributed by atoms with E-state index in [0.717, 1.165) is 6.07 Å². The van der Waals surface area contributed by atoms with Gasteiger partial charge in [-0.3, -0.25) is 19.9 Å². The number of nitrogen functional groups attached to an aromatic ring is 1. The minimum atomic E-state index is -0.626. The highest BCUT2D eigenvalue weighted by atomic mass is 16.6. The summed E-state index contributed by atoms with van der Waals surface area (Å²) in [6.45, 7) is 0. The molecule has 0 aliphatic heterocycles. The molecule has 7 heteroatoms. The summed E-state index contributed by atoms with van der Waals surface area (Å²) in [6, 6.07) is 7.14. The van der Waals surface area contributed by atoms with Gasteiger partial charge in [0.15, 0.2) is 0 Å². The van der Waals surface area contributed by atoms with Crippen LogP contribution in [0.3, 0.4) is 0 Å². The van der Waals surface area contributed by atoms with Gasteiger partial charge >= 0.3 is 0 Å². The number of nitro groups is 1. The molecule has 1 aromatic heterocycles. The lowest BCUT2D eigenvalue weighted by molar-refractivity contribution is -0.383. The number of aromatic nitrogens is 1. The van der Waals surface area contributed by atoms with E-state index in [-0.39, 0.29) is 16.9 Å². The third kappa shape index (κ3) is 2.83.